The fourth-order valence-corrected chi connectivity index (χ4v) is 5.32. The zero-order valence-electron chi connectivity index (χ0n) is 22.0. The second kappa shape index (κ2) is 9.83. The van der Waals surface area contributed by atoms with Gasteiger partial charge in [0.05, 0.1) is 19.1 Å². The molecule has 196 valence electrons. The number of nitrogens with one attached hydrogen (secondary N) is 2. The number of aromatic amines is 1. The third-order valence-corrected chi connectivity index (χ3v) is 7.36. The second-order valence-electron chi connectivity index (χ2n) is 9.74. The Morgan fingerprint density at radius 2 is 1.74 bits per heavy atom. The molecule has 0 spiro atoms. The van der Waals surface area contributed by atoms with Crippen molar-refractivity contribution in [3.05, 3.63) is 99.7 Å². The van der Waals surface area contributed by atoms with Crippen molar-refractivity contribution in [2.45, 2.75) is 26.7 Å². The Kier molecular flexibility index (Phi) is 6.19. The number of hydrogen-bond donors (Lipinski definition) is 2. The van der Waals surface area contributed by atoms with Gasteiger partial charge >= 0.3 is 5.63 Å². The lowest BCUT2D eigenvalue weighted by Crippen LogP contribution is -2.29. The number of carbonyl (C=O) groups is 1. The number of hydrogen-bond acceptors (Lipinski definition) is 5. The summed E-state index contributed by atoms with van der Waals surface area (Å²) in [7, 11) is 1.64. The Morgan fingerprint density at radius 3 is 2.54 bits per heavy atom. The first-order valence-electron chi connectivity index (χ1n) is 12.9. The second-order valence-corrected chi connectivity index (χ2v) is 9.74. The summed E-state index contributed by atoms with van der Waals surface area (Å²) in [6.07, 6.45) is 2.53. The summed E-state index contributed by atoms with van der Waals surface area (Å²) in [5, 5.41) is 5.74. The van der Waals surface area contributed by atoms with Crippen molar-refractivity contribution in [1.82, 2.24) is 10.3 Å². The number of rotatable bonds is 7. The Labute approximate surface area is 224 Å². The summed E-state index contributed by atoms with van der Waals surface area (Å²) in [6.45, 7) is 4.23. The molecule has 0 fully saturated rings. The van der Waals surface area contributed by atoms with E-state index >= 15 is 0 Å². The summed E-state index contributed by atoms with van der Waals surface area (Å²) < 4.78 is 17.0. The SMILES string of the molecule is COc1ccc2[nH]cc(CCNC(=O)Cc3c(C)c4cc5c(-c6ccccc6)c(C)oc5cc4oc3=O)c2c1. The Hall–Kier alpha value is -4.78. The molecule has 0 radical (unpaired) electrons. The Balaban J connectivity index is 1.25. The number of furan rings is 1. The average Bonchev–Trinajstić information content (AvgIpc) is 3.49. The normalized spacial score (nSPS) is 11.5. The number of fused-ring (bicyclic) bond motifs is 3. The molecule has 0 aliphatic heterocycles. The van der Waals surface area contributed by atoms with Gasteiger partial charge in [-0.3, -0.25) is 4.79 Å². The molecule has 39 heavy (non-hydrogen) atoms. The molecule has 3 heterocycles. The fraction of sp³-hybridized carbons (Fsp3) is 0.188. The number of methoxy groups -OCH3 is 1. The van der Waals surface area contributed by atoms with Crippen molar-refractivity contribution in [1.29, 1.82) is 0 Å². The third kappa shape index (κ3) is 4.46. The molecule has 0 aliphatic rings. The lowest BCUT2D eigenvalue weighted by Gasteiger charge is -2.09. The number of carbonyl (C=O) groups excluding carboxylic acids is 1. The van der Waals surface area contributed by atoms with E-state index in [9.17, 15) is 9.59 Å². The van der Waals surface area contributed by atoms with Crippen LogP contribution < -0.4 is 15.7 Å². The maximum Gasteiger partial charge on any atom is 0.340 e. The molecule has 0 saturated heterocycles. The lowest BCUT2D eigenvalue weighted by molar-refractivity contribution is -0.120. The zero-order valence-corrected chi connectivity index (χ0v) is 22.0. The van der Waals surface area contributed by atoms with Gasteiger partial charge < -0.3 is 23.9 Å². The predicted molar refractivity (Wildman–Crippen MR) is 152 cm³/mol. The van der Waals surface area contributed by atoms with Gasteiger partial charge in [0.2, 0.25) is 5.91 Å². The molecule has 7 nitrogen and oxygen atoms in total. The van der Waals surface area contributed by atoms with Gasteiger partial charge in [0.15, 0.2) is 0 Å². The van der Waals surface area contributed by atoms with E-state index in [1.54, 1.807) is 13.2 Å². The van der Waals surface area contributed by atoms with E-state index in [-0.39, 0.29) is 12.3 Å². The molecule has 6 rings (SSSR count). The van der Waals surface area contributed by atoms with Crippen LogP contribution in [0.1, 0.15) is 22.5 Å². The molecule has 0 atom stereocenters. The highest BCUT2D eigenvalue weighted by atomic mass is 16.5. The fourth-order valence-electron chi connectivity index (χ4n) is 5.32. The molecule has 0 aliphatic carbocycles. The minimum Gasteiger partial charge on any atom is -0.497 e. The van der Waals surface area contributed by atoms with E-state index in [0.29, 0.717) is 29.7 Å². The van der Waals surface area contributed by atoms with Gasteiger partial charge in [-0.05, 0) is 61.2 Å². The molecule has 1 amide bonds. The van der Waals surface area contributed by atoms with Gasteiger partial charge in [-0.25, -0.2) is 4.79 Å². The number of amides is 1. The van der Waals surface area contributed by atoms with Gasteiger partial charge in [0.1, 0.15) is 22.7 Å². The van der Waals surface area contributed by atoms with Gasteiger partial charge in [-0.15, -0.1) is 0 Å². The predicted octanol–water partition coefficient (Wildman–Crippen LogP) is 6.21. The van der Waals surface area contributed by atoms with Crippen LogP contribution in [0.5, 0.6) is 5.75 Å². The zero-order chi connectivity index (χ0) is 27.1. The summed E-state index contributed by atoms with van der Waals surface area (Å²) >= 11 is 0. The molecule has 6 aromatic rings. The van der Waals surface area contributed by atoms with Gasteiger partial charge in [0.25, 0.3) is 0 Å². The van der Waals surface area contributed by atoms with E-state index in [2.05, 4.69) is 10.3 Å². The number of ether oxygens (including phenoxy) is 1. The molecule has 0 unspecified atom stereocenters. The Morgan fingerprint density at radius 1 is 0.949 bits per heavy atom. The van der Waals surface area contributed by atoms with Crippen molar-refractivity contribution < 1.29 is 18.4 Å². The molecule has 7 heteroatoms. The van der Waals surface area contributed by atoms with Crippen LogP contribution in [0.25, 0.3) is 44.0 Å². The molecule has 3 aromatic carbocycles. The van der Waals surface area contributed by atoms with Gasteiger partial charge in [-0.2, -0.15) is 0 Å². The van der Waals surface area contributed by atoms with Crippen LogP contribution in [0.15, 0.2) is 80.5 Å². The highest BCUT2D eigenvalue weighted by Gasteiger charge is 2.19. The lowest BCUT2D eigenvalue weighted by atomic mass is 9.98. The minimum absolute atomic E-state index is 0.0557. The van der Waals surface area contributed by atoms with Crippen LogP contribution in [0.2, 0.25) is 0 Å². The van der Waals surface area contributed by atoms with E-state index in [0.717, 1.165) is 55.4 Å². The van der Waals surface area contributed by atoms with E-state index in [1.165, 1.54) is 0 Å². The monoisotopic (exact) mass is 520 g/mol. The summed E-state index contributed by atoms with van der Waals surface area (Å²) in [4.78, 5) is 29.0. The number of aromatic nitrogens is 1. The largest absolute Gasteiger partial charge is 0.497 e. The molecule has 2 N–H and O–H groups in total. The van der Waals surface area contributed by atoms with E-state index < -0.39 is 5.63 Å². The van der Waals surface area contributed by atoms with Crippen molar-refractivity contribution in [3.63, 3.8) is 0 Å². The average molecular weight is 521 g/mol. The van der Waals surface area contributed by atoms with Gasteiger partial charge in [-0.1, -0.05) is 30.3 Å². The standard InChI is InChI=1S/C32H28N2O5/c1-18-23-14-26-29(38-19(2)31(26)20-7-5-4-6-8-20)16-28(23)39-32(36)24(18)15-30(35)33-12-11-21-17-34-27-10-9-22(37-3)13-25(21)27/h4-10,13-14,16-17,34H,11-12,15H2,1-3H3,(H,33,35). The molecule has 0 saturated carbocycles. The maximum atomic E-state index is 12.9. The first-order valence-corrected chi connectivity index (χ1v) is 12.9. The van der Waals surface area contributed by atoms with Crippen LogP contribution in [-0.4, -0.2) is 24.5 Å². The highest BCUT2D eigenvalue weighted by Crippen LogP contribution is 2.37. The Bertz CT molecular complexity index is 1910. The number of H-pyrrole nitrogens is 1. The van der Waals surface area contributed by atoms with Gasteiger partial charge in [0, 0.05) is 46.0 Å². The smallest absolute Gasteiger partial charge is 0.340 e. The van der Waals surface area contributed by atoms with Crippen molar-refractivity contribution in [2.24, 2.45) is 0 Å². The molecular formula is C32H28N2O5. The van der Waals surface area contributed by atoms with Crippen LogP contribution in [0, 0.1) is 13.8 Å². The van der Waals surface area contributed by atoms with Crippen molar-refractivity contribution in [3.8, 4) is 16.9 Å². The van der Waals surface area contributed by atoms with E-state index in [1.807, 2.05) is 74.6 Å². The molecular weight excluding hydrogens is 492 g/mol. The topological polar surface area (TPSA) is 97.5 Å². The first kappa shape index (κ1) is 24.6. The van der Waals surface area contributed by atoms with E-state index in [4.69, 9.17) is 13.6 Å². The van der Waals surface area contributed by atoms with Crippen molar-refractivity contribution >= 4 is 38.7 Å². The molecule has 3 aromatic heterocycles. The van der Waals surface area contributed by atoms with Crippen LogP contribution in [0.3, 0.4) is 0 Å². The number of benzene rings is 3. The summed E-state index contributed by atoms with van der Waals surface area (Å²) in [5.74, 6) is 1.34. The van der Waals surface area contributed by atoms with Crippen LogP contribution in [0.4, 0.5) is 0 Å². The maximum absolute atomic E-state index is 12.9. The van der Waals surface area contributed by atoms with Crippen LogP contribution >= 0.6 is 0 Å². The number of aryl methyl sites for hydroxylation is 2. The molecule has 0 bridgehead atoms. The van der Waals surface area contributed by atoms with Crippen molar-refractivity contribution in [2.75, 3.05) is 13.7 Å². The third-order valence-electron chi connectivity index (χ3n) is 7.36. The first-order chi connectivity index (χ1) is 18.9. The summed E-state index contributed by atoms with van der Waals surface area (Å²) in [6, 6.07) is 19.7. The highest BCUT2D eigenvalue weighted by molar-refractivity contribution is 6.03. The summed E-state index contributed by atoms with van der Waals surface area (Å²) in [5.41, 5.74) is 5.84. The minimum atomic E-state index is -0.509. The van der Waals surface area contributed by atoms with Crippen LogP contribution in [-0.2, 0) is 17.6 Å². The quantitative estimate of drug-likeness (QED) is 0.244.